The molecule has 0 bridgehead atoms. The summed E-state index contributed by atoms with van der Waals surface area (Å²) in [6, 6.07) is -0.801. The van der Waals surface area contributed by atoms with Gasteiger partial charge in [-0.3, -0.25) is 4.79 Å². The van der Waals surface area contributed by atoms with Crippen molar-refractivity contribution in [1.82, 2.24) is 5.32 Å². The Morgan fingerprint density at radius 2 is 0.862 bits per heavy atom. The molecule has 0 radical (unpaired) electrons. The van der Waals surface area contributed by atoms with Gasteiger partial charge in [-0.15, -0.1) is 0 Å². The van der Waals surface area contributed by atoms with Crippen LogP contribution in [-0.2, 0) is 14.3 Å². The van der Waals surface area contributed by atoms with E-state index in [2.05, 4.69) is 31.3 Å². The second-order valence-corrected chi connectivity index (χ2v) is 19.7. The van der Waals surface area contributed by atoms with Crippen molar-refractivity contribution in [2.75, 3.05) is 13.2 Å². The molecule has 0 aromatic rings. The number of allylic oxidation sites excluding steroid dienone is 3. The smallest absolute Gasteiger partial charge is 0.220 e. The Balaban J connectivity index is 2.11. The summed E-state index contributed by atoms with van der Waals surface area (Å²) < 4.78 is 11.2. The van der Waals surface area contributed by atoms with Crippen LogP contribution in [0.25, 0.3) is 0 Å². The highest BCUT2D eigenvalue weighted by Gasteiger charge is 2.44. The van der Waals surface area contributed by atoms with E-state index >= 15 is 0 Å². The van der Waals surface area contributed by atoms with Gasteiger partial charge in [0, 0.05) is 6.42 Å². The van der Waals surface area contributed by atoms with Gasteiger partial charge in [0.1, 0.15) is 24.4 Å². The molecule has 0 aliphatic carbocycles. The Morgan fingerprint density at radius 3 is 1.25 bits per heavy atom. The Bertz CT molecular complexity index is 1070. The number of carbonyl (C=O) groups is 1. The summed E-state index contributed by atoms with van der Waals surface area (Å²) in [7, 11) is 0. The highest BCUT2D eigenvalue weighted by molar-refractivity contribution is 5.76. The van der Waals surface area contributed by atoms with Crippen LogP contribution >= 0.6 is 0 Å². The number of rotatable bonds is 48. The summed E-state index contributed by atoms with van der Waals surface area (Å²) in [4.78, 5) is 13.0. The third-order valence-electron chi connectivity index (χ3n) is 13.5. The molecule has 1 aliphatic heterocycles. The van der Waals surface area contributed by atoms with Crippen LogP contribution in [-0.4, -0.2) is 87.5 Å². The van der Waals surface area contributed by atoms with Crippen molar-refractivity contribution in [2.24, 2.45) is 0 Å². The molecule has 9 nitrogen and oxygen atoms in total. The summed E-state index contributed by atoms with van der Waals surface area (Å²) in [5.74, 6) is -0.175. The molecule has 1 aliphatic rings. The fourth-order valence-electron chi connectivity index (χ4n) is 9.04. The average Bonchev–Trinajstić information content (AvgIpc) is 3.31. The highest BCUT2D eigenvalue weighted by Crippen LogP contribution is 2.23. The number of amides is 1. The van der Waals surface area contributed by atoms with E-state index in [-0.39, 0.29) is 12.5 Å². The van der Waals surface area contributed by atoms with Crippen molar-refractivity contribution in [2.45, 2.75) is 314 Å². The van der Waals surface area contributed by atoms with Gasteiger partial charge in [0.05, 0.1) is 25.4 Å². The molecular formula is C56H107NO8. The maximum absolute atomic E-state index is 13.0. The maximum atomic E-state index is 13.0. The number of ether oxygens (including phenoxy) is 2. The molecule has 7 atom stereocenters. The summed E-state index contributed by atoms with van der Waals surface area (Å²) in [5.41, 5.74) is 0. The number of aliphatic hydroxyl groups is 5. The van der Waals surface area contributed by atoms with Crippen LogP contribution in [0.4, 0.5) is 0 Å². The molecule has 1 heterocycles. The van der Waals surface area contributed by atoms with E-state index in [0.717, 1.165) is 38.5 Å². The van der Waals surface area contributed by atoms with Crippen LogP contribution in [0.15, 0.2) is 24.3 Å². The topological polar surface area (TPSA) is 149 Å². The largest absolute Gasteiger partial charge is 0.394 e. The Hall–Kier alpha value is -1.33. The predicted molar refractivity (Wildman–Crippen MR) is 272 cm³/mol. The van der Waals surface area contributed by atoms with Crippen LogP contribution in [0.1, 0.15) is 271 Å². The first-order valence-electron chi connectivity index (χ1n) is 28.1. The van der Waals surface area contributed by atoms with Gasteiger partial charge in [-0.05, 0) is 44.9 Å². The van der Waals surface area contributed by atoms with Crippen LogP contribution in [0.5, 0.6) is 0 Å². The molecule has 6 N–H and O–H groups in total. The van der Waals surface area contributed by atoms with Crippen molar-refractivity contribution in [3.8, 4) is 0 Å². The van der Waals surface area contributed by atoms with Gasteiger partial charge in [-0.1, -0.05) is 244 Å². The average molecular weight is 922 g/mol. The molecule has 9 heteroatoms. The minimum absolute atomic E-state index is 0.175. The van der Waals surface area contributed by atoms with E-state index in [1.54, 1.807) is 6.08 Å². The molecule has 1 amide bonds. The van der Waals surface area contributed by atoms with Crippen LogP contribution in [0.2, 0.25) is 0 Å². The van der Waals surface area contributed by atoms with Crippen molar-refractivity contribution >= 4 is 5.91 Å². The second-order valence-electron chi connectivity index (χ2n) is 19.7. The van der Waals surface area contributed by atoms with Crippen LogP contribution < -0.4 is 5.32 Å². The van der Waals surface area contributed by atoms with Crippen molar-refractivity contribution < 1.29 is 39.8 Å². The van der Waals surface area contributed by atoms with Crippen molar-refractivity contribution in [3.05, 3.63) is 24.3 Å². The molecule has 384 valence electrons. The second kappa shape index (κ2) is 46.4. The molecule has 0 aromatic carbocycles. The van der Waals surface area contributed by atoms with Crippen molar-refractivity contribution in [1.29, 1.82) is 0 Å². The predicted octanol–water partition coefficient (Wildman–Crippen LogP) is 13.4. The van der Waals surface area contributed by atoms with Gasteiger partial charge in [0.2, 0.25) is 5.91 Å². The first kappa shape index (κ1) is 61.7. The fraction of sp³-hybridized carbons (Fsp3) is 0.911. The lowest BCUT2D eigenvalue weighted by Gasteiger charge is -2.40. The van der Waals surface area contributed by atoms with E-state index in [9.17, 15) is 30.3 Å². The molecule has 1 saturated heterocycles. The number of hydrogen-bond donors (Lipinski definition) is 6. The van der Waals surface area contributed by atoms with Gasteiger partial charge in [0.15, 0.2) is 6.29 Å². The molecule has 7 unspecified atom stereocenters. The fourth-order valence-corrected chi connectivity index (χ4v) is 9.04. The van der Waals surface area contributed by atoms with Gasteiger partial charge >= 0.3 is 0 Å². The number of nitrogens with one attached hydrogen (secondary N) is 1. The third kappa shape index (κ3) is 36.3. The first-order chi connectivity index (χ1) is 31.8. The number of hydrogen-bond acceptors (Lipinski definition) is 8. The standard InChI is InChI=1S/C56H107NO8/c1-3-5-7-9-11-13-15-16-17-18-19-20-21-22-23-24-25-26-27-28-29-30-31-32-33-34-36-38-40-42-44-46-52(60)57-49(48-64-56-55(63)54(62)53(61)51(47-58)65-56)50(59)45-43-41-39-37-35-14-12-10-8-6-4-2/h22-23,43,45,49-51,53-56,58-59,61-63H,3-21,24-42,44,46-48H2,1-2H3,(H,57,60)/b23-22-,45-43+. The minimum Gasteiger partial charge on any atom is -0.394 e. The molecule has 0 saturated carbocycles. The lowest BCUT2D eigenvalue weighted by molar-refractivity contribution is -0.302. The molecule has 0 aromatic heterocycles. The molecule has 65 heavy (non-hydrogen) atoms. The monoisotopic (exact) mass is 922 g/mol. The van der Waals surface area contributed by atoms with E-state index in [1.807, 2.05) is 6.08 Å². The summed E-state index contributed by atoms with van der Waals surface area (Å²) in [5, 5.41) is 54.3. The Morgan fingerprint density at radius 1 is 0.508 bits per heavy atom. The minimum atomic E-state index is -1.56. The number of aliphatic hydroxyl groups excluding tert-OH is 5. The molecule has 1 fully saturated rings. The van der Waals surface area contributed by atoms with Crippen molar-refractivity contribution in [3.63, 3.8) is 0 Å². The summed E-state index contributed by atoms with van der Waals surface area (Å²) in [6.45, 7) is 3.78. The van der Waals surface area contributed by atoms with E-state index in [0.29, 0.717) is 6.42 Å². The highest BCUT2D eigenvalue weighted by atomic mass is 16.7. The van der Waals surface area contributed by atoms with E-state index < -0.39 is 49.5 Å². The van der Waals surface area contributed by atoms with Gasteiger partial charge in [-0.25, -0.2) is 0 Å². The summed E-state index contributed by atoms with van der Waals surface area (Å²) in [6.07, 6.45) is 51.2. The third-order valence-corrected chi connectivity index (χ3v) is 13.5. The number of unbranched alkanes of at least 4 members (excludes halogenated alkanes) is 36. The Labute approximate surface area is 400 Å². The molecule has 1 rings (SSSR count). The van der Waals surface area contributed by atoms with E-state index in [1.165, 1.54) is 212 Å². The SMILES string of the molecule is CCCCCCCCCCC/C=C/C(O)C(COC1OC(CO)C(O)C(O)C1O)NC(=O)CCCCCCCCCCCCCCCCC/C=C\CCCCCCCCCCCCCC. The van der Waals surface area contributed by atoms with Gasteiger partial charge in [-0.2, -0.15) is 0 Å². The first-order valence-corrected chi connectivity index (χ1v) is 28.1. The number of carbonyl (C=O) groups excluding carboxylic acids is 1. The summed E-state index contributed by atoms with van der Waals surface area (Å²) >= 11 is 0. The van der Waals surface area contributed by atoms with Gasteiger partial charge < -0.3 is 40.3 Å². The quantitative estimate of drug-likeness (QED) is 0.0261. The zero-order valence-corrected chi connectivity index (χ0v) is 42.5. The normalized spacial score (nSPS) is 20.0. The molecular weight excluding hydrogens is 815 g/mol. The molecule has 0 spiro atoms. The Kier molecular flexibility index (Phi) is 44.0. The van der Waals surface area contributed by atoms with Crippen LogP contribution in [0.3, 0.4) is 0 Å². The zero-order chi connectivity index (χ0) is 47.3. The lowest BCUT2D eigenvalue weighted by atomic mass is 9.99. The van der Waals surface area contributed by atoms with Crippen LogP contribution in [0, 0.1) is 0 Å². The van der Waals surface area contributed by atoms with E-state index in [4.69, 9.17) is 9.47 Å². The zero-order valence-electron chi connectivity index (χ0n) is 42.5. The van der Waals surface area contributed by atoms with Gasteiger partial charge in [0.25, 0.3) is 0 Å². The lowest BCUT2D eigenvalue weighted by Crippen LogP contribution is -2.60. The maximum Gasteiger partial charge on any atom is 0.220 e.